The van der Waals surface area contributed by atoms with Gasteiger partial charge in [-0.05, 0) is 24.8 Å². The lowest BCUT2D eigenvalue weighted by Crippen LogP contribution is -2.51. The summed E-state index contributed by atoms with van der Waals surface area (Å²) in [6.45, 7) is 9.69. The average molecular weight is 390 g/mol. The van der Waals surface area contributed by atoms with Gasteiger partial charge in [-0.15, -0.1) is 0 Å². The molecular formula is C20H30N4O4. The first kappa shape index (κ1) is 20.5. The minimum atomic E-state index is -0.449. The van der Waals surface area contributed by atoms with E-state index in [1.165, 1.54) is 12.1 Å². The fraction of sp³-hybridized carbons (Fsp3) is 0.650. The van der Waals surface area contributed by atoms with Crippen molar-refractivity contribution in [3.63, 3.8) is 0 Å². The van der Waals surface area contributed by atoms with Crippen LogP contribution >= 0.6 is 0 Å². The number of hydrogen-bond acceptors (Lipinski definition) is 6. The maximum atomic E-state index is 13.0. The molecular weight excluding hydrogens is 360 g/mol. The molecule has 2 aliphatic heterocycles. The van der Waals surface area contributed by atoms with Crippen molar-refractivity contribution in [2.75, 3.05) is 50.8 Å². The Balaban J connectivity index is 1.76. The number of nitro benzene ring substituents is 1. The summed E-state index contributed by atoms with van der Waals surface area (Å²) >= 11 is 0. The van der Waals surface area contributed by atoms with E-state index in [0.29, 0.717) is 31.2 Å². The molecule has 154 valence electrons. The van der Waals surface area contributed by atoms with E-state index >= 15 is 0 Å². The molecule has 0 saturated carbocycles. The van der Waals surface area contributed by atoms with Gasteiger partial charge in [0.15, 0.2) is 0 Å². The zero-order valence-corrected chi connectivity index (χ0v) is 16.7. The number of carbonyl (C=O) groups excluding carboxylic acids is 1. The van der Waals surface area contributed by atoms with Crippen molar-refractivity contribution in [3.05, 3.63) is 33.9 Å². The van der Waals surface area contributed by atoms with Crippen molar-refractivity contribution < 1.29 is 14.5 Å². The highest BCUT2D eigenvalue weighted by Crippen LogP contribution is 2.28. The Morgan fingerprint density at radius 3 is 2.50 bits per heavy atom. The van der Waals surface area contributed by atoms with Crippen LogP contribution in [0.2, 0.25) is 0 Å². The number of amides is 1. The Hall–Kier alpha value is -2.19. The second kappa shape index (κ2) is 9.34. The molecule has 2 fully saturated rings. The largest absolute Gasteiger partial charge is 0.379 e. The average Bonchev–Trinajstić information content (AvgIpc) is 3.22. The minimum Gasteiger partial charge on any atom is -0.379 e. The van der Waals surface area contributed by atoms with Crippen LogP contribution in [0.1, 0.15) is 37.0 Å². The van der Waals surface area contributed by atoms with E-state index in [-0.39, 0.29) is 17.6 Å². The Morgan fingerprint density at radius 2 is 1.89 bits per heavy atom. The summed E-state index contributed by atoms with van der Waals surface area (Å²) < 4.78 is 5.43. The number of carbonyl (C=O) groups is 1. The van der Waals surface area contributed by atoms with Crippen LogP contribution in [-0.2, 0) is 4.74 Å². The molecule has 1 N–H and O–H groups in total. The Labute approximate surface area is 166 Å². The first-order chi connectivity index (χ1) is 13.5. The molecule has 0 bridgehead atoms. The second-order valence-corrected chi connectivity index (χ2v) is 7.82. The molecule has 1 unspecified atom stereocenters. The van der Waals surface area contributed by atoms with Gasteiger partial charge in [0.25, 0.3) is 11.6 Å². The summed E-state index contributed by atoms with van der Waals surface area (Å²) in [5.74, 6) is 0.131. The summed E-state index contributed by atoms with van der Waals surface area (Å²) in [5, 5.41) is 14.2. The SMILES string of the molecule is CC(C)C(CNC(=O)c1cc([N+](=O)[O-])ccc1N1CCCC1)N1CCOCC1. The highest BCUT2D eigenvalue weighted by atomic mass is 16.6. The Bertz CT molecular complexity index is 697. The number of morpholine rings is 1. The topological polar surface area (TPSA) is 87.9 Å². The number of rotatable bonds is 7. The highest BCUT2D eigenvalue weighted by Gasteiger charge is 2.26. The number of nitrogens with zero attached hydrogens (tertiary/aromatic N) is 3. The van der Waals surface area contributed by atoms with Crippen molar-refractivity contribution in [3.8, 4) is 0 Å². The van der Waals surface area contributed by atoms with Crippen LogP contribution in [0.25, 0.3) is 0 Å². The smallest absolute Gasteiger partial charge is 0.270 e. The third-order valence-electron chi connectivity index (χ3n) is 5.64. The fourth-order valence-electron chi connectivity index (χ4n) is 4.04. The third-order valence-corrected chi connectivity index (χ3v) is 5.64. The van der Waals surface area contributed by atoms with E-state index in [1.54, 1.807) is 6.07 Å². The molecule has 1 aromatic rings. The number of ether oxygens (including phenoxy) is 1. The molecule has 0 radical (unpaired) electrons. The Morgan fingerprint density at radius 1 is 1.21 bits per heavy atom. The predicted molar refractivity (Wildman–Crippen MR) is 108 cm³/mol. The molecule has 8 nitrogen and oxygen atoms in total. The fourth-order valence-corrected chi connectivity index (χ4v) is 4.04. The molecule has 1 amide bonds. The van der Waals surface area contributed by atoms with Gasteiger partial charge >= 0.3 is 0 Å². The van der Waals surface area contributed by atoms with Crippen LogP contribution in [0.15, 0.2) is 18.2 Å². The normalized spacial score (nSPS) is 19.0. The lowest BCUT2D eigenvalue weighted by atomic mass is 10.0. The summed E-state index contributed by atoms with van der Waals surface area (Å²) in [4.78, 5) is 28.3. The minimum absolute atomic E-state index is 0.0540. The molecule has 1 atom stereocenters. The molecule has 28 heavy (non-hydrogen) atoms. The van der Waals surface area contributed by atoms with E-state index < -0.39 is 4.92 Å². The van der Waals surface area contributed by atoms with Gasteiger partial charge in [-0.1, -0.05) is 13.8 Å². The van der Waals surface area contributed by atoms with Gasteiger partial charge in [-0.25, -0.2) is 0 Å². The summed E-state index contributed by atoms with van der Waals surface area (Å²) in [5.41, 5.74) is 1.12. The van der Waals surface area contributed by atoms with Gasteiger partial charge in [0.05, 0.1) is 29.4 Å². The van der Waals surface area contributed by atoms with Gasteiger partial charge < -0.3 is 15.0 Å². The van der Waals surface area contributed by atoms with E-state index in [2.05, 4.69) is 29.0 Å². The van der Waals surface area contributed by atoms with E-state index in [9.17, 15) is 14.9 Å². The quantitative estimate of drug-likeness (QED) is 0.568. The molecule has 2 saturated heterocycles. The van der Waals surface area contributed by atoms with Crippen LogP contribution in [0.5, 0.6) is 0 Å². The third kappa shape index (κ3) is 4.80. The van der Waals surface area contributed by atoms with Gasteiger partial charge in [0.1, 0.15) is 0 Å². The van der Waals surface area contributed by atoms with Crippen LogP contribution in [0.3, 0.4) is 0 Å². The second-order valence-electron chi connectivity index (χ2n) is 7.82. The zero-order valence-electron chi connectivity index (χ0n) is 16.7. The zero-order chi connectivity index (χ0) is 20.1. The summed E-state index contributed by atoms with van der Waals surface area (Å²) in [7, 11) is 0. The molecule has 0 aromatic heterocycles. The maximum Gasteiger partial charge on any atom is 0.270 e. The number of benzene rings is 1. The van der Waals surface area contributed by atoms with Crippen molar-refractivity contribution in [2.45, 2.75) is 32.7 Å². The summed E-state index contributed by atoms with van der Waals surface area (Å²) in [6.07, 6.45) is 2.15. The summed E-state index contributed by atoms with van der Waals surface area (Å²) in [6, 6.07) is 4.80. The van der Waals surface area contributed by atoms with Crippen molar-refractivity contribution in [1.29, 1.82) is 0 Å². The first-order valence-corrected chi connectivity index (χ1v) is 10.1. The van der Waals surface area contributed by atoms with Crippen molar-refractivity contribution in [2.24, 2.45) is 5.92 Å². The molecule has 2 heterocycles. The molecule has 1 aromatic carbocycles. The van der Waals surface area contributed by atoms with Crippen molar-refractivity contribution >= 4 is 17.3 Å². The number of hydrogen-bond donors (Lipinski definition) is 1. The molecule has 3 rings (SSSR count). The molecule has 2 aliphatic rings. The predicted octanol–water partition coefficient (Wildman–Crippen LogP) is 2.28. The molecule has 8 heteroatoms. The number of anilines is 1. The van der Waals surface area contributed by atoms with Gasteiger partial charge in [-0.2, -0.15) is 0 Å². The Kier molecular flexibility index (Phi) is 6.85. The van der Waals surface area contributed by atoms with Crippen molar-refractivity contribution in [1.82, 2.24) is 10.2 Å². The maximum absolute atomic E-state index is 13.0. The van der Waals surface area contributed by atoms with E-state index in [1.807, 2.05) is 0 Å². The lowest BCUT2D eigenvalue weighted by molar-refractivity contribution is -0.384. The van der Waals surface area contributed by atoms with E-state index in [0.717, 1.165) is 44.7 Å². The van der Waals surface area contributed by atoms with Gasteiger partial charge in [-0.3, -0.25) is 19.8 Å². The first-order valence-electron chi connectivity index (χ1n) is 10.1. The van der Waals surface area contributed by atoms with Crippen LogP contribution in [0.4, 0.5) is 11.4 Å². The van der Waals surface area contributed by atoms with Crippen LogP contribution in [-0.4, -0.2) is 67.7 Å². The molecule has 0 spiro atoms. The van der Waals surface area contributed by atoms with E-state index in [4.69, 9.17) is 4.74 Å². The highest BCUT2D eigenvalue weighted by molar-refractivity contribution is 6.00. The van der Waals surface area contributed by atoms with Crippen LogP contribution in [0, 0.1) is 16.0 Å². The number of nitrogens with one attached hydrogen (secondary N) is 1. The lowest BCUT2D eigenvalue weighted by Gasteiger charge is -2.37. The standard InChI is InChI=1S/C20H30N4O4/c1-15(2)19(23-9-11-28-12-10-23)14-21-20(25)17-13-16(24(26)27)5-6-18(17)22-7-3-4-8-22/h5-6,13,15,19H,3-4,7-12,14H2,1-2H3,(H,21,25). The number of nitro groups is 1. The van der Waals surface area contributed by atoms with Crippen LogP contribution < -0.4 is 10.2 Å². The van der Waals surface area contributed by atoms with Gasteiger partial charge in [0, 0.05) is 50.9 Å². The number of non-ortho nitro benzene ring substituents is 1. The molecule has 0 aliphatic carbocycles. The monoisotopic (exact) mass is 390 g/mol. The van der Waals surface area contributed by atoms with Gasteiger partial charge in [0.2, 0.25) is 0 Å².